The summed E-state index contributed by atoms with van der Waals surface area (Å²) < 4.78 is 17.0. The van der Waals surface area contributed by atoms with Gasteiger partial charge >= 0.3 is 0 Å². The molecule has 0 radical (unpaired) electrons. The molecule has 1 aliphatic heterocycles. The molecule has 6 heteroatoms. The topological polar surface area (TPSA) is 70.4 Å². The minimum Gasteiger partial charge on any atom is -0.471 e. The normalized spacial score (nSPS) is 13.3. The monoisotopic (exact) mass is 264 g/mol. The lowest BCUT2D eigenvalue weighted by molar-refractivity contribution is -0.126. The fraction of sp³-hybridized carbons (Fsp3) is 0.308. The number of nitriles is 1. The van der Waals surface area contributed by atoms with Crippen LogP contribution in [0.1, 0.15) is 18.4 Å². The Morgan fingerprint density at radius 3 is 2.63 bits per heavy atom. The lowest BCUT2D eigenvalue weighted by Crippen LogP contribution is -2.23. The number of benzene rings is 1. The van der Waals surface area contributed by atoms with Gasteiger partial charge in [0, 0.05) is 18.7 Å². The lowest BCUT2D eigenvalue weighted by atomic mass is 10.2. The number of anilines is 1. The van der Waals surface area contributed by atoms with Crippen LogP contribution in [0.2, 0.25) is 0 Å². The van der Waals surface area contributed by atoms with Crippen LogP contribution < -0.4 is 4.90 Å². The number of carbonyl (C=O) groups is 2. The second-order valence-corrected chi connectivity index (χ2v) is 3.79. The number of hydrogen-bond donors (Lipinski definition) is 0. The molecule has 100 valence electrons. The summed E-state index contributed by atoms with van der Waals surface area (Å²) >= 11 is 0. The van der Waals surface area contributed by atoms with E-state index in [2.05, 4.69) is 4.74 Å². The lowest BCUT2D eigenvalue weighted by Gasteiger charge is -2.15. The Morgan fingerprint density at radius 2 is 2.16 bits per heavy atom. The van der Waals surface area contributed by atoms with Crippen LogP contribution in [0.15, 0.2) is 18.2 Å². The molecular weight excluding hydrogens is 251 g/mol. The summed E-state index contributed by atoms with van der Waals surface area (Å²) in [6, 6.07) is 5.84. The van der Waals surface area contributed by atoms with Gasteiger partial charge in [0.05, 0.1) is 18.7 Å². The molecule has 0 spiro atoms. The number of rotatable bonds is 2. The average molecular weight is 264 g/mol. The van der Waals surface area contributed by atoms with Gasteiger partial charge in [0.1, 0.15) is 5.82 Å². The van der Waals surface area contributed by atoms with Crippen molar-refractivity contribution in [1.29, 1.82) is 5.26 Å². The van der Waals surface area contributed by atoms with E-state index in [0.717, 1.165) is 12.5 Å². The van der Waals surface area contributed by atoms with Crippen LogP contribution in [0.3, 0.4) is 0 Å². The van der Waals surface area contributed by atoms with Gasteiger partial charge in [0.25, 0.3) is 6.47 Å². The fourth-order valence-electron chi connectivity index (χ4n) is 1.72. The molecule has 1 heterocycles. The summed E-state index contributed by atoms with van der Waals surface area (Å²) in [6.45, 7) is 0.979. The first-order valence-electron chi connectivity index (χ1n) is 5.60. The van der Waals surface area contributed by atoms with Crippen LogP contribution in [0.5, 0.6) is 0 Å². The second-order valence-electron chi connectivity index (χ2n) is 3.79. The molecule has 5 nitrogen and oxygen atoms in total. The standard InChI is InChI=1S/C11H9FN2O.C2H4O2/c12-9-4-8(7-13)5-10(6-9)14-3-1-2-11(14)15;1-4-2-3/h4-6H,1-3H2;2H,1H3. The molecule has 1 aliphatic rings. The number of halogens is 1. The Kier molecular flexibility index (Phi) is 5.48. The van der Waals surface area contributed by atoms with E-state index < -0.39 is 5.82 Å². The minimum absolute atomic E-state index is 0.00973. The molecule has 1 aromatic carbocycles. The van der Waals surface area contributed by atoms with E-state index in [0.29, 0.717) is 25.1 Å². The molecule has 0 aliphatic carbocycles. The zero-order valence-corrected chi connectivity index (χ0v) is 10.4. The molecule has 0 aromatic heterocycles. The van der Waals surface area contributed by atoms with E-state index in [1.54, 1.807) is 0 Å². The number of nitrogens with zero attached hydrogens (tertiary/aromatic N) is 2. The van der Waals surface area contributed by atoms with Gasteiger partial charge in [0.2, 0.25) is 5.91 Å². The van der Waals surface area contributed by atoms with Crippen molar-refractivity contribution >= 4 is 18.1 Å². The van der Waals surface area contributed by atoms with Crippen molar-refractivity contribution in [2.75, 3.05) is 18.6 Å². The second kappa shape index (κ2) is 7.11. The Bertz CT molecular complexity index is 511. The van der Waals surface area contributed by atoms with Crippen LogP contribution in [-0.2, 0) is 14.3 Å². The molecule has 0 bridgehead atoms. The fourth-order valence-corrected chi connectivity index (χ4v) is 1.72. The third-order valence-corrected chi connectivity index (χ3v) is 2.49. The van der Waals surface area contributed by atoms with Crippen molar-refractivity contribution in [1.82, 2.24) is 0 Å². The van der Waals surface area contributed by atoms with Crippen LogP contribution in [0, 0.1) is 17.1 Å². The van der Waals surface area contributed by atoms with Crippen molar-refractivity contribution in [2.24, 2.45) is 0 Å². The Balaban J connectivity index is 0.000000399. The molecule has 19 heavy (non-hydrogen) atoms. The highest BCUT2D eigenvalue weighted by Crippen LogP contribution is 2.23. The number of ether oxygens (including phenoxy) is 1. The van der Waals surface area contributed by atoms with Crippen LogP contribution in [-0.4, -0.2) is 26.0 Å². The quantitative estimate of drug-likeness (QED) is 0.761. The Hall–Kier alpha value is -2.42. The van der Waals surface area contributed by atoms with E-state index in [1.165, 1.54) is 24.1 Å². The van der Waals surface area contributed by atoms with Gasteiger partial charge < -0.3 is 9.64 Å². The zero-order chi connectivity index (χ0) is 14.3. The first kappa shape index (κ1) is 14.6. The summed E-state index contributed by atoms with van der Waals surface area (Å²) in [6.07, 6.45) is 1.29. The summed E-state index contributed by atoms with van der Waals surface area (Å²) in [5.41, 5.74) is 0.721. The zero-order valence-electron chi connectivity index (χ0n) is 10.4. The van der Waals surface area contributed by atoms with Crippen molar-refractivity contribution in [3.63, 3.8) is 0 Å². The van der Waals surface area contributed by atoms with Gasteiger partial charge in [-0.3, -0.25) is 9.59 Å². The van der Waals surface area contributed by atoms with Gasteiger partial charge in [-0.1, -0.05) is 0 Å². The molecule has 1 fully saturated rings. The Labute approximate surface area is 110 Å². The van der Waals surface area contributed by atoms with Gasteiger partial charge in [-0.25, -0.2) is 4.39 Å². The van der Waals surface area contributed by atoms with Crippen LogP contribution in [0.4, 0.5) is 10.1 Å². The molecule has 2 rings (SSSR count). The predicted octanol–water partition coefficient (Wildman–Crippen LogP) is 1.61. The van der Waals surface area contributed by atoms with Crippen LogP contribution >= 0.6 is 0 Å². The van der Waals surface area contributed by atoms with Crippen LogP contribution in [0.25, 0.3) is 0 Å². The van der Waals surface area contributed by atoms with Gasteiger partial charge in [-0.15, -0.1) is 0 Å². The summed E-state index contributed by atoms with van der Waals surface area (Å²) in [5, 5.41) is 8.68. The average Bonchev–Trinajstić information content (AvgIpc) is 2.84. The number of carbonyl (C=O) groups excluding carboxylic acids is 2. The van der Waals surface area contributed by atoms with E-state index in [-0.39, 0.29) is 11.5 Å². The van der Waals surface area contributed by atoms with E-state index in [1.807, 2.05) is 6.07 Å². The third kappa shape index (κ3) is 4.07. The summed E-state index contributed by atoms with van der Waals surface area (Å²) in [5.74, 6) is -0.492. The maximum absolute atomic E-state index is 13.1. The van der Waals surface area contributed by atoms with Crippen molar-refractivity contribution < 1.29 is 18.7 Å². The smallest absolute Gasteiger partial charge is 0.292 e. The summed E-state index contributed by atoms with van der Waals surface area (Å²) in [4.78, 5) is 21.9. The summed E-state index contributed by atoms with van der Waals surface area (Å²) in [7, 11) is 1.31. The highest BCUT2D eigenvalue weighted by molar-refractivity contribution is 5.95. The first-order valence-corrected chi connectivity index (χ1v) is 5.60. The molecule has 0 saturated carbocycles. The number of amides is 1. The van der Waals surface area contributed by atoms with Gasteiger partial charge in [-0.05, 0) is 24.6 Å². The predicted molar refractivity (Wildman–Crippen MR) is 65.8 cm³/mol. The number of methoxy groups -OCH3 is 1. The number of hydrogen-bond acceptors (Lipinski definition) is 4. The molecule has 0 atom stereocenters. The first-order chi connectivity index (χ1) is 9.12. The van der Waals surface area contributed by atoms with Gasteiger partial charge in [-0.2, -0.15) is 5.26 Å². The van der Waals surface area contributed by atoms with E-state index in [9.17, 15) is 9.18 Å². The molecule has 0 unspecified atom stereocenters. The minimum atomic E-state index is -0.483. The largest absolute Gasteiger partial charge is 0.471 e. The van der Waals surface area contributed by atoms with Gasteiger partial charge in [0.15, 0.2) is 0 Å². The third-order valence-electron chi connectivity index (χ3n) is 2.49. The Morgan fingerprint density at radius 1 is 1.47 bits per heavy atom. The molecular formula is C13H13FN2O3. The van der Waals surface area contributed by atoms with Crippen molar-refractivity contribution in [2.45, 2.75) is 12.8 Å². The highest BCUT2D eigenvalue weighted by Gasteiger charge is 2.22. The van der Waals surface area contributed by atoms with E-state index in [4.69, 9.17) is 10.1 Å². The van der Waals surface area contributed by atoms with E-state index >= 15 is 0 Å². The molecule has 1 amide bonds. The van der Waals surface area contributed by atoms with Crippen molar-refractivity contribution in [3.05, 3.63) is 29.6 Å². The SMILES string of the molecule is COC=O.N#Cc1cc(F)cc(N2CCCC2=O)c1. The highest BCUT2D eigenvalue weighted by atomic mass is 19.1. The van der Waals surface area contributed by atoms with Crippen molar-refractivity contribution in [3.8, 4) is 6.07 Å². The molecule has 1 saturated heterocycles. The maximum Gasteiger partial charge on any atom is 0.292 e. The maximum atomic E-state index is 13.1. The molecule has 0 N–H and O–H groups in total. The molecule has 1 aromatic rings.